The fraction of sp³-hybridized carbons (Fsp3) is 0.571. The van der Waals surface area contributed by atoms with Crippen molar-refractivity contribution in [1.29, 1.82) is 0 Å². The molecule has 1 saturated carbocycles. The lowest BCUT2D eigenvalue weighted by Gasteiger charge is -2.47. The Labute approximate surface area is 111 Å². The second-order valence-corrected chi connectivity index (χ2v) is 5.20. The van der Waals surface area contributed by atoms with Gasteiger partial charge >= 0.3 is 0 Å². The van der Waals surface area contributed by atoms with E-state index in [2.05, 4.69) is 0 Å². The zero-order valence-corrected chi connectivity index (χ0v) is 11.4. The molecular weight excluding hydrogens is 252 g/mol. The Morgan fingerprint density at radius 1 is 1.16 bits per heavy atom. The molecule has 1 aromatic rings. The van der Waals surface area contributed by atoms with Crippen LogP contribution in [-0.4, -0.2) is 26.7 Å². The van der Waals surface area contributed by atoms with Crippen LogP contribution in [-0.2, 0) is 5.41 Å². The Morgan fingerprint density at radius 2 is 1.63 bits per heavy atom. The fourth-order valence-electron chi connectivity index (χ4n) is 2.80. The summed E-state index contributed by atoms with van der Waals surface area (Å²) in [5, 5.41) is 0. The number of halogens is 2. The van der Waals surface area contributed by atoms with Crippen LogP contribution in [0.2, 0.25) is 0 Å². The molecule has 0 amide bonds. The minimum absolute atomic E-state index is 0.192. The van der Waals surface area contributed by atoms with E-state index >= 15 is 0 Å². The molecule has 106 valence electrons. The van der Waals surface area contributed by atoms with E-state index in [1.54, 1.807) is 26.4 Å². The standard InChI is InChI=1S/C14H19F2NO2/c1-9-11(18-2)4-10(5-12(9)19-3)13(8-17)6-14(15,16)7-13/h4-5H,6-8,17H2,1-3H3. The number of rotatable bonds is 4. The first kappa shape index (κ1) is 14.1. The highest BCUT2D eigenvalue weighted by molar-refractivity contribution is 5.50. The van der Waals surface area contributed by atoms with Gasteiger partial charge in [0.1, 0.15) is 11.5 Å². The van der Waals surface area contributed by atoms with Gasteiger partial charge in [0.2, 0.25) is 5.92 Å². The fourth-order valence-corrected chi connectivity index (χ4v) is 2.80. The first-order chi connectivity index (χ1) is 8.87. The Bertz CT molecular complexity index is 455. The third-order valence-corrected chi connectivity index (χ3v) is 3.95. The highest BCUT2D eigenvalue weighted by atomic mass is 19.3. The summed E-state index contributed by atoms with van der Waals surface area (Å²) in [4.78, 5) is 0. The van der Waals surface area contributed by atoms with Crippen molar-refractivity contribution in [2.45, 2.75) is 31.1 Å². The Kier molecular flexibility index (Phi) is 3.43. The van der Waals surface area contributed by atoms with Gasteiger partial charge in [-0.05, 0) is 24.6 Å². The van der Waals surface area contributed by atoms with Crippen LogP contribution < -0.4 is 15.2 Å². The Hall–Kier alpha value is -1.36. The number of alkyl halides is 2. The summed E-state index contributed by atoms with van der Waals surface area (Å²) in [6.07, 6.45) is -0.433. The third-order valence-electron chi connectivity index (χ3n) is 3.95. The minimum atomic E-state index is -2.62. The van der Waals surface area contributed by atoms with Gasteiger partial charge in [-0.15, -0.1) is 0 Å². The summed E-state index contributed by atoms with van der Waals surface area (Å²) in [5.41, 5.74) is 6.68. The smallest absolute Gasteiger partial charge is 0.250 e. The van der Waals surface area contributed by atoms with Crippen LogP contribution in [0.15, 0.2) is 12.1 Å². The second kappa shape index (κ2) is 4.63. The minimum Gasteiger partial charge on any atom is -0.496 e. The molecular formula is C14H19F2NO2. The molecule has 0 unspecified atom stereocenters. The number of methoxy groups -OCH3 is 2. The lowest BCUT2D eigenvalue weighted by atomic mass is 9.62. The van der Waals surface area contributed by atoms with E-state index in [0.717, 1.165) is 11.1 Å². The second-order valence-electron chi connectivity index (χ2n) is 5.20. The SMILES string of the molecule is COc1cc(C2(CN)CC(F)(F)C2)cc(OC)c1C. The highest BCUT2D eigenvalue weighted by Gasteiger charge is 2.56. The van der Waals surface area contributed by atoms with Gasteiger partial charge in [-0.3, -0.25) is 0 Å². The van der Waals surface area contributed by atoms with Gasteiger partial charge in [-0.1, -0.05) is 0 Å². The Balaban J connectivity index is 2.45. The van der Waals surface area contributed by atoms with E-state index < -0.39 is 11.3 Å². The van der Waals surface area contributed by atoms with E-state index in [4.69, 9.17) is 15.2 Å². The number of nitrogens with two attached hydrogens (primary N) is 1. The van der Waals surface area contributed by atoms with Gasteiger partial charge in [0.05, 0.1) is 14.2 Å². The molecule has 19 heavy (non-hydrogen) atoms. The predicted octanol–water partition coefficient (Wildman–Crippen LogP) is 2.64. The first-order valence-corrected chi connectivity index (χ1v) is 6.18. The van der Waals surface area contributed by atoms with Crippen molar-refractivity contribution < 1.29 is 18.3 Å². The summed E-state index contributed by atoms with van der Waals surface area (Å²) in [6, 6.07) is 3.58. The van der Waals surface area contributed by atoms with E-state index in [-0.39, 0.29) is 19.4 Å². The zero-order chi connectivity index (χ0) is 14.3. The Morgan fingerprint density at radius 3 is 1.95 bits per heavy atom. The van der Waals surface area contributed by atoms with Crippen LogP contribution in [0.5, 0.6) is 11.5 Å². The number of benzene rings is 1. The monoisotopic (exact) mass is 271 g/mol. The van der Waals surface area contributed by atoms with Gasteiger partial charge < -0.3 is 15.2 Å². The lowest BCUT2D eigenvalue weighted by molar-refractivity contribution is -0.123. The molecule has 0 saturated heterocycles. The van der Waals surface area contributed by atoms with Crippen LogP contribution in [0.1, 0.15) is 24.0 Å². The molecule has 0 heterocycles. The van der Waals surface area contributed by atoms with E-state index in [0.29, 0.717) is 11.5 Å². The van der Waals surface area contributed by atoms with Crippen molar-refractivity contribution in [2.24, 2.45) is 5.73 Å². The van der Waals surface area contributed by atoms with Crippen LogP contribution in [0.25, 0.3) is 0 Å². The molecule has 0 bridgehead atoms. The molecule has 0 radical (unpaired) electrons. The van der Waals surface area contributed by atoms with E-state index in [1.165, 1.54) is 0 Å². The molecule has 0 spiro atoms. The summed E-state index contributed by atoms with van der Waals surface area (Å²) >= 11 is 0. The summed E-state index contributed by atoms with van der Waals surface area (Å²) < 4.78 is 37.0. The van der Waals surface area contributed by atoms with Gasteiger partial charge in [-0.25, -0.2) is 8.78 Å². The highest BCUT2D eigenvalue weighted by Crippen LogP contribution is 2.54. The molecule has 0 aromatic heterocycles. The lowest BCUT2D eigenvalue weighted by Crippen LogP contribution is -2.53. The van der Waals surface area contributed by atoms with Crippen molar-refractivity contribution in [1.82, 2.24) is 0 Å². The van der Waals surface area contributed by atoms with Crippen molar-refractivity contribution in [3.8, 4) is 11.5 Å². The predicted molar refractivity (Wildman–Crippen MR) is 69.2 cm³/mol. The third kappa shape index (κ3) is 2.27. The molecule has 1 aliphatic rings. The van der Waals surface area contributed by atoms with Crippen molar-refractivity contribution in [2.75, 3.05) is 20.8 Å². The largest absolute Gasteiger partial charge is 0.496 e. The molecule has 1 aromatic carbocycles. The number of hydrogen-bond donors (Lipinski definition) is 1. The average molecular weight is 271 g/mol. The molecule has 0 atom stereocenters. The van der Waals surface area contributed by atoms with Crippen LogP contribution in [0.4, 0.5) is 8.78 Å². The topological polar surface area (TPSA) is 44.5 Å². The maximum Gasteiger partial charge on any atom is 0.250 e. The van der Waals surface area contributed by atoms with Crippen molar-refractivity contribution in [3.63, 3.8) is 0 Å². The van der Waals surface area contributed by atoms with Gasteiger partial charge in [0.25, 0.3) is 0 Å². The van der Waals surface area contributed by atoms with Crippen molar-refractivity contribution >= 4 is 0 Å². The van der Waals surface area contributed by atoms with Gasteiger partial charge in [0.15, 0.2) is 0 Å². The first-order valence-electron chi connectivity index (χ1n) is 6.18. The molecule has 5 heteroatoms. The molecule has 2 N–H and O–H groups in total. The van der Waals surface area contributed by atoms with Crippen LogP contribution >= 0.6 is 0 Å². The van der Waals surface area contributed by atoms with Crippen molar-refractivity contribution in [3.05, 3.63) is 23.3 Å². The van der Waals surface area contributed by atoms with E-state index in [1.807, 2.05) is 6.92 Å². The van der Waals surface area contributed by atoms with E-state index in [9.17, 15) is 8.78 Å². The quantitative estimate of drug-likeness (QED) is 0.915. The molecule has 0 aliphatic heterocycles. The zero-order valence-electron chi connectivity index (χ0n) is 11.4. The number of hydrogen-bond acceptors (Lipinski definition) is 3. The molecule has 1 aliphatic carbocycles. The van der Waals surface area contributed by atoms with Crippen LogP contribution in [0, 0.1) is 6.92 Å². The summed E-state index contributed by atoms with van der Waals surface area (Å²) in [7, 11) is 3.10. The molecule has 3 nitrogen and oxygen atoms in total. The van der Waals surface area contributed by atoms with Crippen LogP contribution in [0.3, 0.4) is 0 Å². The molecule has 2 rings (SSSR count). The maximum atomic E-state index is 13.2. The van der Waals surface area contributed by atoms with Gasteiger partial charge in [0, 0.05) is 30.4 Å². The maximum absolute atomic E-state index is 13.2. The summed E-state index contributed by atoms with van der Waals surface area (Å²) in [5.74, 6) is -1.35. The normalized spacial score (nSPS) is 19.7. The molecule has 1 fully saturated rings. The number of ether oxygens (including phenoxy) is 2. The van der Waals surface area contributed by atoms with Gasteiger partial charge in [-0.2, -0.15) is 0 Å². The average Bonchev–Trinajstić information content (AvgIpc) is 2.35. The summed E-state index contributed by atoms with van der Waals surface area (Å²) in [6.45, 7) is 2.06.